The van der Waals surface area contributed by atoms with Gasteiger partial charge in [-0.05, 0) is 43.6 Å². The molecule has 0 unspecified atom stereocenters. The van der Waals surface area contributed by atoms with Crippen LogP contribution < -0.4 is 0 Å². The third-order valence-electron chi connectivity index (χ3n) is 2.75. The second kappa shape index (κ2) is 8.74. The Labute approximate surface area is 111 Å². The van der Waals surface area contributed by atoms with Crippen LogP contribution in [-0.4, -0.2) is 29.7 Å². The van der Waals surface area contributed by atoms with E-state index in [2.05, 4.69) is 42.7 Å². The summed E-state index contributed by atoms with van der Waals surface area (Å²) in [5.74, 6) is 5.57. The lowest BCUT2D eigenvalue weighted by atomic mass is 10.1. The van der Waals surface area contributed by atoms with Gasteiger partial charge in [0.25, 0.3) is 0 Å². The molecule has 0 amide bonds. The molecule has 0 radical (unpaired) electrons. The zero-order valence-corrected chi connectivity index (χ0v) is 11.4. The van der Waals surface area contributed by atoms with Gasteiger partial charge in [0.2, 0.25) is 0 Å². The number of benzene rings is 1. The zero-order chi connectivity index (χ0) is 13.2. The maximum absolute atomic E-state index is 8.64. The fourth-order valence-corrected chi connectivity index (χ4v) is 2.00. The largest absolute Gasteiger partial charge is 0.384 e. The van der Waals surface area contributed by atoms with E-state index in [0.717, 1.165) is 25.2 Å². The van der Waals surface area contributed by atoms with Crippen LogP contribution in [0.15, 0.2) is 24.3 Å². The molecule has 2 nitrogen and oxygen atoms in total. The second-order valence-corrected chi connectivity index (χ2v) is 4.43. The molecule has 1 aromatic carbocycles. The molecule has 18 heavy (non-hydrogen) atoms. The van der Waals surface area contributed by atoms with Gasteiger partial charge in [-0.2, -0.15) is 0 Å². The monoisotopic (exact) mass is 245 g/mol. The summed E-state index contributed by atoms with van der Waals surface area (Å²) >= 11 is 0. The normalized spacial score (nSPS) is 10.2. The molecule has 0 saturated heterocycles. The van der Waals surface area contributed by atoms with Gasteiger partial charge in [0.05, 0.1) is 0 Å². The van der Waals surface area contributed by atoms with Crippen LogP contribution in [0.2, 0.25) is 0 Å². The molecule has 1 rings (SSSR count). The van der Waals surface area contributed by atoms with Crippen molar-refractivity contribution in [2.45, 2.75) is 33.2 Å². The maximum Gasteiger partial charge on any atom is 0.104 e. The fraction of sp³-hybridized carbons (Fsp3) is 0.500. The van der Waals surface area contributed by atoms with Gasteiger partial charge in [0.1, 0.15) is 6.61 Å². The molecule has 0 heterocycles. The van der Waals surface area contributed by atoms with E-state index >= 15 is 0 Å². The first kappa shape index (κ1) is 14.8. The van der Waals surface area contributed by atoms with Crippen molar-refractivity contribution in [2.24, 2.45) is 0 Å². The highest BCUT2D eigenvalue weighted by atomic mass is 16.2. The Balaban J connectivity index is 2.60. The van der Waals surface area contributed by atoms with Gasteiger partial charge < -0.3 is 5.11 Å². The van der Waals surface area contributed by atoms with Crippen LogP contribution in [-0.2, 0) is 6.54 Å². The summed E-state index contributed by atoms with van der Waals surface area (Å²) in [4.78, 5) is 2.48. The van der Waals surface area contributed by atoms with Gasteiger partial charge in [-0.3, -0.25) is 4.90 Å². The van der Waals surface area contributed by atoms with Crippen molar-refractivity contribution in [1.82, 2.24) is 4.90 Å². The van der Waals surface area contributed by atoms with Crippen molar-refractivity contribution >= 4 is 0 Å². The van der Waals surface area contributed by atoms with Crippen molar-refractivity contribution in [1.29, 1.82) is 0 Å². The molecule has 0 aliphatic heterocycles. The first-order valence-corrected chi connectivity index (χ1v) is 6.71. The third-order valence-corrected chi connectivity index (χ3v) is 2.75. The lowest BCUT2D eigenvalue weighted by molar-refractivity contribution is 0.266. The number of nitrogens with zero attached hydrogens (tertiary/aromatic N) is 1. The molecule has 0 aliphatic carbocycles. The van der Waals surface area contributed by atoms with Gasteiger partial charge in [-0.25, -0.2) is 0 Å². The topological polar surface area (TPSA) is 23.5 Å². The van der Waals surface area contributed by atoms with E-state index < -0.39 is 0 Å². The van der Waals surface area contributed by atoms with Crippen molar-refractivity contribution in [3.8, 4) is 11.8 Å². The minimum absolute atomic E-state index is 0.0808. The summed E-state index contributed by atoms with van der Waals surface area (Å²) in [6.45, 7) is 7.67. The van der Waals surface area contributed by atoms with Gasteiger partial charge in [0, 0.05) is 12.1 Å². The Bertz CT molecular complexity index is 380. The Morgan fingerprint density at radius 1 is 1.06 bits per heavy atom. The Kier molecular flexibility index (Phi) is 7.17. The summed E-state index contributed by atoms with van der Waals surface area (Å²) in [5.41, 5.74) is 2.29. The van der Waals surface area contributed by atoms with Crippen molar-refractivity contribution in [2.75, 3.05) is 19.7 Å². The van der Waals surface area contributed by atoms with E-state index in [1.807, 2.05) is 12.1 Å². The summed E-state index contributed by atoms with van der Waals surface area (Å²) in [5, 5.41) is 8.64. The SMILES string of the molecule is CCCN(CCC)Cc1ccc(C#CCO)cc1. The number of hydrogen-bond donors (Lipinski definition) is 1. The standard InChI is InChI=1S/C16H23NO/c1-3-11-17(12-4-2)14-16-9-7-15(8-10-16)6-5-13-18/h7-10,18H,3-4,11-14H2,1-2H3. The van der Waals surface area contributed by atoms with Crippen LogP contribution >= 0.6 is 0 Å². The van der Waals surface area contributed by atoms with Gasteiger partial charge in [0.15, 0.2) is 0 Å². The van der Waals surface area contributed by atoms with E-state index in [0.29, 0.717) is 0 Å². The van der Waals surface area contributed by atoms with Gasteiger partial charge in [-0.1, -0.05) is 37.8 Å². The van der Waals surface area contributed by atoms with Crippen molar-refractivity contribution in [3.05, 3.63) is 35.4 Å². The molecule has 2 heteroatoms. The molecule has 0 aliphatic rings. The number of aliphatic hydroxyl groups excluding tert-OH is 1. The van der Waals surface area contributed by atoms with E-state index in [4.69, 9.17) is 5.11 Å². The van der Waals surface area contributed by atoms with Crippen LogP contribution in [0.1, 0.15) is 37.8 Å². The molecule has 1 aromatic rings. The summed E-state index contributed by atoms with van der Waals surface area (Å²) < 4.78 is 0. The van der Waals surface area contributed by atoms with Crippen LogP contribution in [0.25, 0.3) is 0 Å². The van der Waals surface area contributed by atoms with Crippen LogP contribution in [0.4, 0.5) is 0 Å². The summed E-state index contributed by atoms with van der Waals surface area (Å²) in [6, 6.07) is 8.29. The minimum atomic E-state index is -0.0808. The lowest BCUT2D eigenvalue weighted by Gasteiger charge is -2.20. The van der Waals surface area contributed by atoms with Crippen LogP contribution in [0.3, 0.4) is 0 Å². The molecular formula is C16H23NO. The van der Waals surface area contributed by atoms with E-state index in [-0.39, 0.29) is 6.61 Å². The number of hydrogen-bond acceptors (Lipinski definition) is 2. The Morgan fingerprint density at radius 3 is 2.17 bits per heavy atom. The van der Waals surface area contributed by atoms with Gasteiger partial charge >= 0.3 is 0 Å². The first-order chi connectivity index (χ1) is 8.80. The second-order valence-electron chi connectivity index (χ2n) is 4.43. The van der Waals surface area contributed by atoms with Crippen molar-refractivity contribution in [3.63, 3.8) is 0 Å². The highest BCUT2D eigenvalue weighted by molar-refractivity contribution is 5.36. The quantitative estimate of drug-likeness (QED) is 0.779. The highest BCUT2D eigenvalue weighted by Gasteiger charge is 2.03. The minimum Gasteiger partial charge on any atom is -0.384 e. The summed E-state index contributed by atoms with van der Waals surface area (Å²) in [6.07, 6.45) is 2.39. The van der Waals surface area contributed by atoms with E-state index in [1.54, 1.807) is 0 Å². The Hall–Kier alpha value is -1.30. The molecule has 98 valence electrons. The average molecular weight is 245 g/mol. The van der Waals surface area contributed by atoms with Crippen LogP contribution in [0.5, 0.6) is 0 Å². The average Bonchev–Trinajstić information content (AvgIpc) is 2.38. The summed E-state index contributed by atoms with van der Waals surface area (Å²) in [7, 11) is 0. The maximum atomic E-state index is 8.64. The molecule has 0 bridgehead atoms. The molecule has 0 atom stereocenters. The molecular weight excluding hydrogens is 222 g/mol. The van der Waals surface area contributed by atoms with Gasteiger partial charge in [-0.15, -0.1) is 0 Å². The molecule has 1 N–H and O–H groups in total. The smallest absolute Gasteiger partial charge is 0.104 e. The predicted octanol–water partition coefficient (Wildman–Crippen LogP) is 2.65. The molecule has 0 fully saturated rings. The number of aliphatic hydroxyl groups is 1. The third kappa shape index (κ3) is 5.35. The lowest BCUT2D eigenvalue weighted by Crippen LogP contribution is -2.24. The fourth-order valence-electron chi connectivity index (χ4n) is 2.00. The highest BCUT2D eigenvalue weighted by Crippen LogP contribution is 2.08. The van der Waals surface area contributed by atoms with E-state index in [9.17, 15) is 0 Å². The van der Waals surface area contributed by atoms with Crippen molar-refractivity contribution < 1.29 is 5.11 Å². The van der Waals surface area contributed by atoms with Crippen LogP contribution in [0, 0.1) is 11.8 Å². The van der Waals surface area contributed by atoms with E-state index in [1.165, 1.54) is 18.4 Å². The predicted molar refractivity (Wildman–Crippen MR) is 76.3 cm³/mol. The first-order valence-electron chi connectivity index (χ1n) is 6.71. The Morgan fingerprint density at radius 2 is 1.67 bits per heavy atom. The molecule has 0 spiro atoms. The molecule has 0 aromatic heterocycles. The molecule has 0 saturated carbocycles. The number of rotatable bonds is 6. The zero-order valence-electron chi connectivity index (χ0n) is 11.4.